The molecule has 0 N–H and O–H groups in total. The van der Waals surface area contributed by atoms with Gasteiger partial charge in [-0.05, 0) is 0 Å². The van der Waals surface area contributed by atoms with Crippen LogP contribution >= 0.6 is 11.8 Å². The average Bonchev–Trinajstić information content (AvgIpc) is 2.55. The van der Waals surface area contributed by atoms with Crippen molar-refractivity contribution in [1.29, 1.82) is 0 Å². The molecule has 0 saturated carbocycles. The van der Waals surface area contributed by atoms with Crippen LogP contribution < -0.4 is 0 Å². The summed E-state index contributed by atoms with van der Waals surface area (Å²) >= 11 is 1.33. The second kappa shape index (κ2) is 6.63. The first-order valence-electron chi connectivity index (χ1n) is 5.51. The lowest BCUT2D eigenvalue weighted by molar-refractivity contribution is -0.149. The summed E-state index contributed by atoms with van der Waals surface area (Å²) in [5.74, 6) is -1.19. The number of hydrogen-bond donors (Lipinski definition) is 0. The Bertz CT molecular complexity index is 342. The van der Waals surface area contributed by atoms with Crippen LogP contribution in [0.1, 0.15) is 27.2 Å². The molecule has 1 aliphatic heterocycles. The molecule has 18 heavy (non-hydrogen) atoms. The molecule has 0 aromatic heterocycles. The lowest BCUT2D eigenvalue weighted by atomic mass is 10.2. The van der Waals surface area contributed by atoms with E-state index in [1.165, 1.54) is 32.5 Å². The Labute approximate surface area is 109 Å². The van der Waals surface area contributed by atoms with E-state index in [1.54, 1.807) is 0 Å². The zero-order valence-electron chi connectivity index (χ0n) is 10.5. The molecule has 3 atom stereocenters. The van der Waals surface area contributed by atoms with E-state index in [0.717, 1.165) is 0 Å². The normalized spacial score (nSPS) is 26.5. The zero-order valence-corrected chi connectivity index (χ0v) is 11.3. The number of ether oxygens (including phenoxy) is 3. The minimum absolute atomic E-state index is 0.135. The predicted molar refractivity (Wildman–Crippen MR) is 63.7 cm³/mol. The van der Waals surface area contributed by atoms with E-state index in [2.05, 4.69) is 0 Å². The molecular weight excluding hydrogens is 260 g/mol. The molecule has 1 saturated heterocycles. The topological polar surface area (TPSA) is 78.9 Å². The highest BCUT2D eigenvalue weighted by molar-refractivity contribution is 8.00. The zero-order chi connectivity index (χ0) is 13.7. The fraction of sp³-hybridized carbons (Fsp3) is 0.727. The van der Waals surface area contributed by atoms with Gasteiger partial charge in [-0.1, -0.05) is 0 Å². The summed E-state index contributed by atoms with van der Waals surface area (Å²) in [7, 11) is 0. The molecule has 0 amide bonds. The lowest BCUT2D eigenvalue weighted by Crippen LogP contribution is -2.28. The van der Waals surface area contributed by atoms with Gasteiger partial charge in [0.2, 0.25) is 0 Å². The van der Waals surface area contributed by atoms with E-state index in [-0.39, 0.29) is 23.3 Å². The first-order valence-corrected chi connectivity index (χ1v) is 6.46. The molecule has 1 fully saturated rings. The smallest absolute Gasteiger partial charge is 0.303 e. The Balaban J connectivity index is 2.56. The summed E-state index contributed by atoms with van der Waals surface area (Å²) in [5.41, 5.74) is -0.368. The molecular formula is C11H16O6S. The van der Waals surface area contributed by atoms with Gasteiger partial charge in [0.1, 0.15) is 12.7 Å². The lowest BCUT2D eigenvalue weighted by Gasteiger charge is -2.17. The minimum atomic E-state index is -0.406. The van der Waals surface area contributed by atoms with E-state index in [0.29, 0.717) is 6.42 Å². The number of thioether (sulfide) groups is 1. The molecule has 1 heterocycles. The maximum absolute atomic E-state index is 11.0. The van der Waals surface area contributed by atoms with E-state index in [4.69, 9.17) is 14.2 Å². The first-order chi connectivity index (χ1) is 8.38. The maximum atomic E-state index is 11.0. The quantitative estimate of drug-likeness (QED) is 0.557. The van der Waals surface area contributed by atoms with E-state index in [9.17, 15) is 14.4 Å². The largest absolute Gasteiger partial charge is 0.465 e. The predicted octanol–water partition coefficient (Wildman–Crippen LogP) is 0.876. The second-order valence-electron chi connectivity index (χ2n) is 3.90. The van der Waals surface area contributed by atoms with Gasteiger partial charge in [0.25, 0.3) is 0 Å². The molecule has 0 bridgehead atoms. The highest BCUT2D eigenvalue weighted by Crippen LogP contribution is 2.36. The van der Waals surface area contributed by atoms with Gasteiger partial charge in [0, 0.05) is 27.2 Å². The number of rotatable bonds is 4. The number of esters is 3. The Kier molecular flexibility index (Phi) is 5.46. The van der Waals surface area contributed by atoms with Crippen LogP contribution in [0.4, 0.5) is 0 Å². The van der Waals surface area contributed by atoms with Crippen LogP contribution in [-0.4, -0.2) is 41.3 Å². The van der Waals surface area contributed by atoms with E-state index < -0.39 is 18.0 Å². The molecule has 1 rings (SSSR count). The van der Waals surface area contributed by atoms with Crippen LogP contribution in [0.5, 0.6) is 0 Å². The van der Waals surface area contributed by atoms with E-state index >= 15 is 0 Å². The molecule has 102 valence electrons. The average molecular weight is 276 g/mol. The van der Waals surface area contributed by atoms with Crippen molar-refractivity contribution >= 4 is 29.7 Å². The third-order valence-electron chi connectivity index (χ3n) is 2.23. The van der Waals surface area contributed by atoms with Gasteiger partial charge in [0.05, 0.1) is 5.25 Å². The van der Waals surface area contributed by atoms with Crippen molar-refractivity contribution in [2.75, 3.05) is 6.61 Å². The van der Waals surface area contributed by atoms with Crippen molar-refractivity contribution in [2.45, 2.75) is 44.0 Å². The fourth-order valence-electron chi connectivity index (χ4n) is 1.62. The summed E-state index contributed by atoms with van der Waals surface area (Å²) in [5, 5.41) is -0.206. The second-order valence-corrected chi connectivity index (χ2v) is 5.30. The van der Waals surface area contributed by atoms with Gasteiger partial charge < -0.3 is 14.2 Å². The Morgan fingerprint density at radius 1 is 1.06 bits per heavy atom. The monoisotopic (exact) mass is 276 g/mol. The van der Waals surface area contributed by atoms with Gasteiger partial charge in [-0.3, -0.25) is 14.4 Å². The first kappa shape index (κ1) is 14.8. The van der Waals surface area contributed by atoms with Crippen LogP contribution in [0.15, 0.2) is 0 Å². The molecule has 6 nitrogen and oxygen atoms in total. The van der Waals surface area contributed by atoms with Crippen molar-refractivity contribution < 1.29 is 28.6 Å². The molecule has 0 spiro atoms. The SMILES string of the molecule is CC(=O)OC[C@@H]1SC(OC(C)=O)C[C@@H]1OC(C)=O. The van der Waals surface area contributed by atoms with Crippen LogP contribution in [0.25, 0.3) is 0 Å². The third kappa shape index (κ3) is 4.95. The van der Waals surface area contributed by atoms with Crippen molar-refractivity contribution in [1.82, 2.24) is 0 Å². The summed E-state index contributed by atoms with van der Waals surface area (Å²) < 4.78 is 15.1. The number of carbonyl (C=O) groups is 3. The number of carbonyl (C=O) groups excluding carboxylic acids is 3. The molecule has 0 aliphatic carbocycles. The van der Waals surface area contributed by atoms with Gasteiger partial charge in [-0.25, -0.2) is 0 Å². The fourth-order valence-corrected chi connectivity index (χ4v) is 2.99. The van der Waals surface area contributed by atoms with E-state index in [1.807, 2.05) is 0 Å². The highest BCUT2D eigenvalue weighted by Gasteiger charge is 2.39. The molecule has 0 radical (unpaired) electrons. The van der Waals surface area contributed by atoms with Crippen molar-refractivity contribution in [3.05, 3.63) is 0 Å². The number of hydrogen-bond acceptors (Lipinski definition) is 7. The van der Waals surface area contributed by atoms with Gasteiger partial charge in [0.15, 0.2) is 5.44 Å². The Hall–Kier alpha value is -1.24. The van der Waals surface area contributed by atoms with Gasteiger partial charge in [-0.15, -0.1) is 11.8 Å². The Morgan fingerprint density at radius 3 is 2.17 bits per heavy atom. The van der Waals surface area contributed by atoms with Crippen LogP contribution in [-0.2, 0) is 28.6 Å². The molecule has 7 heteroatoms. The molecule has 0 aromatic rings. The summed E-state index contributed by atoms with van der Waals surface area (Å²) in [6.07, 6.45) is 0.00616. The Morgan fingerprint density at radius 2 is 1.67 bits per heavy atom. The molecule has 1 unspecified atom stereocenters. The molecule has 0 aromatic carbocycles. The standard InChI is InChI=1S/C11H16O6S/c1-6(12)15-5-10-9(16-7(2)13)4-11(18-10)17-8(3)14/h9-11H,4-5H2,1-3H3/t9-,10-,11?/m0/s1. The van der Waals surface area contributed by atoms with Crippen LogP contribution in [0, 0.1) is 0 Å². The van der Waals surface area contributed by atoms with Crippen LogP contribution in [0.3, 0.4) is 0 Å². The maximum Gasteiger partial charge on any atom is 0.303 e. The van der Waals surface area contributed by atoms with Crippen molar-refractivity contribution in [2.24, 2.45) is 0 Å². The van der Waals surface area contributed by atoms with Gasteiger partial charge >= 0.3 is 17.9 Å². The summed E-state index contributed by atoms with van der Waals surface area (Å²) in [4.78, 5) is 32.6. The van der Waals surface area contributed by atoms with Crippen molar-refractivity contribution in [3.8, 4) is 0 Å². The minimum Gasteiger partial charge on any atom is -0.465 e. The van der Waals surface area contributed by atoms with Gasteiger partial charge in [-0.2, -0.15) is 0 Å². The summed E-state index contributed by atoms with van der Waals surface area (Å²) in [6.45, 7) is 4.08. The highest BCUT2D eigenvalue weighted by atomic mass is 32.2. The molecule has 1 aliphatic rings. The summed E-state index contributed by atoms with van der Waals surface area (Å²) in [6, 6.07) is 0. The van der Waals surface area contributed by atoms with Crippen LogP contribution in [0.2, 0.25) is 0 Å². The third-order valence-corrected chi connectivity index (χ3v) is 3.61. The van der Waals surface area contributed by atoms with Crippen molar-refractivity contribution in [3.63, 3.8) is 0 Å².